The largest absolute Gasteiger partial charge is 0.495 e. The van der Waals surface area contributed by atoms with Crippen molar-refractivity contribution in [3.8, 4) is 5.75 Å². The number of aryl methyl sites for hydroxylation is 1. The van der Waals surface area contributed by atoms with Gasteiger partial charge in [0.25, 0.3) is 0 Å². The number of hydrogen-bond donors (Lipinski definition) is 3. The molecule has 0 aromatic heterocycles. The lowest BCUT2D eigenvalue weighted by Gasteiger charge is -2.26. The van der Waals surface area contributed by atoms with Crippen molar-refractivity contribution in [3.63, 3.8) is 0 Å². The highest BCUT2D eigenvalue weighted by atomic mass is 35.5. The van der Waals surface area contributed by atoms with Gasteiger partial charge in [-0.15, -0.1) is 24.8 Å². The SMILES string of the molecule is COc1ccc(Cl)cc1NCCC(=O)NC1CCCc2cc(N)ccc21.Cl.Cl. The third kappa shape index (κ3) is 6.09. The average Bonchev–Trinajstić information content (AvgIpc) is 2.62. The van der Waals surface area contributed by atoms with Crippen molar-refractivity contribution in [2.75, 3.05) is 24.7 Å². The zero-order valence-electron chi connectivity index (χ0n) is 15.7. The maximum Gasteiger partial charge on any atom is 0.222 e. The number of halogens is 3. The fourth-order valence-corrected chi connectivity index (χ4v) is 3.55. The lowest BCUT2D eigenvalue weighted by molar-refractivity contribution is -0.121. The van der Waals surface area contributed by atoms with E-state index in [-0.39, 0.29) is 36.8 Å². The maximum absolute atomic E-state index is 12.4. The van der Waals surface area contributed by atoms with Gasteiger partial charge in [-0.05, 0) is 60.7 Å². The van der Waals surface area contributed by atoms with Gasteiger partial charge in [0.05, 0.1) is 18.8 Å². The molecule has 5 nitrogen and oxygen atoms in total. The van der Waals surface area contributed by atoms with Gasteiger partial charge in [-0.25, -0.2) is 0 Å². The number of hydrogen-bond acceptors (Lipinski definition) is 4. The number of rotatable bonds is 6. The highest BCUT2D eigenvalue weighted by Gasteiger charge is 2.21. The van der Waals surface area contributed by atoms with E-state index < -0.39 is 0 Å². The molecule has 0 heterocycles. The summed E-state index contributed by atoms with van der Waals surface area (Å²) in [4.78, 5) is 12.4. The van der Waals surface area contributed by atoms with Gasteiger partial charge in [0.15, 0.2) is 0 Å². The van der Waals surface area contributed by atoms with Crippen LogP contribution in [0.4, 0.5) is 11.4 Å². The van der Waals surface area contributed by atoms with E-state index in [0.29, 0.717) is 23.7 Å². The van der Waals surface area contributed by atoms with Crippen molar-refractivity contribution in [2.45, 2.75) is 31.7 Å². The van der Waals surface area contributed by atoms with Crippen LogP contribution in [-0.4, -0.2) is 19.6 Å². The molecule has 28 heavy (non-hydrogen) atoms. The summed E-state index contributed by atoms with van der Waals surface area (Å²) in [7, 11) is 1.61. The topological polar surface area (TPSA) is 76.4 Å². The number of nitrogen functional groups attached to an aromatic ring is 1. The van der Waals surface area contributed by atoms with E-state index in [9.17, 15) is 4.79 Å². The normalized spacial score (nSPS) is 14.7. The van der Waals surface area contributed by atoms with Crippen molar-refractivity contribution in [1.29, 1.82) is 0 Å². The fourth-order valence-electron chi connectivity index (χ4n) is 3.38. The summed E-state index contributed by atoms with van der Waals surface area (Å²) in [6, 6.07) is 11.4. The van der Waals surface area contributed by atoms with Crippen molar-refractivity contribution in [3.05, 3.63) is 52.5 Å². The summed E-state index contributed by atoms with van der Waals surface area (Å²) < 4.78 is 5.30. The van der Waals surface area contributed by atoms with Gasteiger partial charge < -0.3 is 21.1 Å². The molecule has 8 heteroatoms. The molecule has 2 aromatic rings. The Morgan fingerprint density at radius 3 is 2.79 bits per heavy atom. The molecule has 0 saturated carbocycles. The third-order valence-corrected chi connectivity index (χ3v) is 4.88. The molecule has 1 amide bonds. The minimum atomic E-state index is 0. The van der Waals surface area contributed by atoms with Crippen LogP contribution in [0.5, 0.6) is 5.75 Å². The Morgan fingerprint density at radius 1 is 1.25 bits per heavy atom. The van der Waals surface area contributed by atoms with Gasteiger partial charge in [0.2, 0.25) is 5.91 Å². The first kappa shape index (κ1) is 24.2. The molecule has 0 saturated heterocycles. The first-order chi connectivity index (χ1) is 12.6. The maximum atomic E-state index is 12.4. The van der Waals surface area contributed by atoms with E-state index >= 15 is 0 Å². The van der Waals surface area contributed by atoms with E-state index in [0.717, 1.165) is 30.6 Å². The Hall–Kier alpha value is -1.82. The molecule has 0 aliphatic heterocycles. The first-order valence-corrected chi connectivity index (χ1v) is 9.19. The molecular weight excluding hydrogens is 421 g/mol. The van der Waals surface area contributed by atoms with E-state index in [1.54, 1.807) is 25.3 Å². The number of nitrogens with one attached hydrogen (secondary N) is 2. The Labute approximate surface area is 183 Å². The van der Waals surface area contributed by atoms with Crippen LogP contribution in [0.3, 0.4) is 0 Å². The van der Waals surface area contributed by atoms with Crippen molar-refractivity contribution < 1.29 is 9.53 Å². The van der Waals surface area contributed by atoms with Crippen LogP contribution < -0.4 is 21.1 Å². The highest BCUT2D eigenvalue weighted by Crippen LogP contribution is 2.31. The van der Waals surface area contributed by atoms with Crippen LogP contribution in [0.1, 0.15) is 36.4 Å². The van der Waals surface area contributed by atoms with Gasteiger partial charge in [-0.3, -0.25) is 4.79 Å². The van der Waals surface area contributed by atoms with Gasteiger partial charge in [0.1, 0.15) is 5.75 Å². The average molecular weight is 447 g/mol. The van der Waals surface area contributed by atoms with Crippen molar-refractivity contribution in [2.24, 2.45) is 0 Å². The van der Waals surface area contributed by atoms with E-state index in [1.807, 2.05) is 18.2 Å². The van der Waals surface area contributed by atoms with Crippen LogP contribution in [0.25, 0.3) is 0 Å². The molecule has 154 valence electrons. The number of ether oxygens (including phenoxy) is 1. The Bertz CT molecular complexity index is 802. The minimum Gasteiger partial charge on any atom is -0.495 e. The van der Waals surface area contributed by atoms with Crippen LogP contribution in [0.15, 0.2) is 36.4 Å². The summed E-state index contributed by atoms with van der Waals surface area (Å²) >= 11 is 6.02. The summed E-state index contributed by atoms with van der Waals surface area (Å²) in [5, 5.41) is 6.98. The summed E-state index contributed by atoms with van der Waals surface area (Å²) in [5.74, 6) is 0.724. The Kier molecular flexibility index (Phi) is 9.73. The van der Waals surface area contributed by atoms with Crippen LogP contribution >= 0.6 is 36.4 Å². The molecule has 0 fully saturated rings. The van der Waals surface area contributed by atoms with Crippen LogP contribution in [0.2, 0.25) is 5.02 Å². The first-order valence-electron chi connectivity index (χ1n) is 8.82. The van der Waals surface area contributed by atoms with E-state index in [2.05, 4.69) is 10.6 Å². The Morgan fingerprint density at radius 2 is 2.04 bits per heavy atom. The number of methoxy groups -OCH3 is 1. The number of nitrogens with two attached hydrogens (primary N) is 1. The van der Waals surface area contributed by atoms with Crippen molar-refractivity contribution in [1.82, 2.24) is 5.32 Å². The number of benzene rings is 2. The molecule has 1 unspecified atom stereocenters. The molecule has 1 aliphatic carbocycles. The second-order valence-electron chi connectivity index (χ2n) is 6.49. The molecular formula is C20H26Cl3N3O2. The predicted molar refractivity (Wildman–Crippen MR) is 120 cm³/mol. The summed E-state index contributed by atoms with van der Waals surface area (Å²) in [6.07, 6.45) is 3.40. The summed E-state index contributed by atoms with van der Waals surface area (Å²) in [5.41, 5.74) is 9.85. The molecule has 0 bridgehead atoms. The third-order valence-electron chi connectivity index (χ3n) is 4.65. The predicted octanol–water partition coefficient (Wildman–Crippen LogP) is 4.77. The van der Waals surface area contributed by atoms with Crippen molar-refractivity contribution >= 4 is 53.7 Å². The molecule has 1 aliphatic rings. The second kappa shape index (κ2) is 11.2. The van der Waals surface area contributed by atoms with Crippen LogP contribution in [-0.2, 0) is 11.2 Å². The highest BCUT2D eigenvalue weighted by molar-refractivity contribution is 6.30. The fraction of sp³-hybridized carbons (Fsp3) is 0.350. The molecule has 0 radical (unpaired) electrons. The van der Waals surface area contributed by atoms with E-state index in [1.165, 1.54) is 11.1 Å². The standard InChI is InChI=1S/C20H24ClN3O2.2ClH/c1-26-19-8-5-14(21)12-18(19)23-10-9-20(25)24-17-4-2-3-13-11-15(22)6-7-16(13)17;;/h5-8,11-12,17,23H,2-4,9-10,22H2,1H3,(H,24,25);2*1H. The number of carbonyl (C=O) groups excluding carboxylic acids is 1. The minimum absolute atomic E-state index is 0. The molecule has 0 spiro atoms. The van der Waals surface area contributed by atoms with E-state index in [4.69, 9.17) is 22.1 Å². The number of fused-ring (bicyclic) bond motifs is 1. The number of carbonyl (C=O) groups is 1. The second-order valence-corrected chi connectivity index (χ2v) is 6.93. The van der Waals surface area contributed by atoms with Gasteiger partial charge >= 0.3 is 0 Å². The van der Waals surface area contributed by atoms with Gasteiger partial charge in [0, 0.05) is 23.7 Å². The quantitative estimate of drug-likeness (QED) is 0.559. The van der Waals surface area contributed by atoms with Gasteiger partial charge in [-0.2, -0.15) is 0 Å². The van der Waals surface area contributed by atoms with Gasteiger partial charge in [-0.1, -0.05) is 17.7 Å². The smallest absolute Gasteiger partial charge is 0.222 e. The Balaban J connectivity index is 0.00000196. The zero-order valence-corrected chi connectivity index (χ0v) is 18.1. The summed E-state index contributed by atoms with van der Waals surface area (Å²) in [6.45, 7) is 0.504. The van der Waals surface area contributed by atoms with Crippen LogP contribution in [0, 0.1) is 0 Å². The lowest BCUT2D eigenvalue weighted by Crippen LogP contribution is -2.32. The molecule has 4 N–H and O–H groups in total. The zero-order chi connectivity index (χ0) is 18.5. The molecule has 2 aromatic carbocycles. The molecule has 3 rings (SSSR count). The number of amides is 1. The lowest BCUT2D eigenvalue weighted by atomic mass is 9.87. The molecule has 1 atom stereocenters. The number of anilines is 2. The monoisotopic (exact) mass is 445 g/mol.